The number of sulfonamides is 1. The van der Waals surface area contributed by atoms with Gasteiger partial charge in [-0.15, -0.1) is 11.3 Å². The highest BCUT2D eigenvalue weighted by molar-refractivity contribution is 7.89. The molecule has 146 valence electrons. The van der Waals surface area contributed by atoms with E-state index in [0.717, 1.165) is 36.3 Å². The third-order valence-corrected chi connectivity index (χ3v) is 7.45. The maximum atomic E-state index is 13.8. The molecule has 1 fully saturated rings. The van der Waals surface area contributed by atoms with Crippen LogP contribution < -0.4 is 5.32 Å². The molecule has 27 heavy (non-hydrogen) atoms. The number of hydrogen-bond donors (Lipinski definition) is 1. The molecule has 0 aliphatic carbocycles. The van der Waals surface area contributed by atoms with E-state index in [1.807, 2.05) is 0 Å². The van der Waals surface area contributed by atoms with Crippen LogP contribution in [0.1, 0.15) is 35.0 Å². The highest BCUT2D eigenvalue weighted by Gasteiger charge is 2.32. The number of thiophene rings is 1. The fourth-order valence-electron chi connectivity index (χ4n) is 3.11. The van der Waals surface area contributed by atoms with Crippen molar-refractivity contribution in [3.63, 3.8) is 0 Å². The lowest BCUT2D eigenvalue weighted by Gasteiger charge is -2.17. The summed E-state index contributed by atoms with van der Waals surface area (Å²) in [5.41, 5.74) is -0.110. The Morgan fingerprint density at radius 3 is 2.48 bits per heavy atom. The smallest absolute Gasteiger partial charge is 0.262 e. The van der Waals surface area contributed by atoms with E-state index in [1.165, 1.54) is 16.4 Å². The lowest BCUT2D eigenvalue weighted by molar-refractivity contribution is 0.0940. The zero-order chi connectivity index (χ0) is 19.6. The second-order valence-electron chi connectivity index (χ2n) is 6.50. The molecule has 0 bridgehead atoms. The lowest BCUT2D eigenvalue weighted by Crippen LogP contribution is -2.35. The van der Waals surface area contributed by atoms with Crippen LogP contribution in [0.2, 0.25) is 0 Å². The molecule has 2 aromatic rings. The summed E-state index contributed by atoms with van der Waals surface area (Å²) in [5.74, 6) is -1.92. The van der Waals surface area contributed by atoms with Gasteiger partial charge in [0.2, 0.25) is 10.0 Å². The van der Waals surface area contributed by atoms with Gasteiger partial charge in [0.05, 0.1) is 0 Å². The van der Waals surface area contributed by atoms with Gasteiger partial charge in [-0.05, 0) is 49.8 Å². The van der Waals surface area contributed by atoms with Gasteiger partial charge in [-0.25, -0.2) is 17.2 Å². The van der Waals surface area contributed by atoms with E-state index < -0.39 is 33.6 Å². The first kappa shape index (κ1) is 19.9. The number of nitrogens with one attached hydrogen (secondary N) is 1. The predicted octanol–water partition coefficient (Wildman–Crippen LogP) is 3.17. The Morgan fingerprint density at radius 2 is 1.85 bits per heavy atom. The third kappa shape index (κ3) is 4.20. The molecule has 3 rings (SSSR count). The Labute approximate surface area is 161 Å². The van der Waals surface area contributed by atoms with Crippen LogP contribution in [0.4, 0.5) is 8.78 Å². The van der Waals surface area contributed by atoms with Gasteiger partial charge in [0, 0.05) is 24.7 Å². The highest BCUT2D eigenvalue weighted by Crippen LogP contribution is 2.27. The molecule has 1 N–H and O–H groups in total. The topological polar surface area (TPSA) is 66.5 Å². The first-order valence-corrected chi connectivity index (χ1v) is 10.9. The van der Waals surface area contributed by atoms with E-state index in [1.54, 1.807) is 12.3 Å². The molecular formula is C18H20F2N2O3S2. The fourth-order valence-corrected chi connectivity index (χ4v) is 5.93. The summed E-state index contributed by atoms with van der Waals surface area (Å²) in [5, 5.41) is 4.20. The summed E-state index contributed by atoms with van der Waals surface area (Å²) < 4.78 is 54.4. The van der Waals surface area contributed by atoms with Gasteiger partial charge in [0.25, 0.3) is 5.91 Å². The summed E-state index contributed by atoms with van der Waals surface area (Å²) in [4.78, 5) is 12.7. The van der Waals surface area contributed by atoms with Gasteiger partial charge in [-0.1, -0.05) is 6.07 Å². The molecule has 1 amide bonds. The minimum Gasteiger partial charge on any atom is -0.349 e. The molecule has 0 spiro atoms. The van der Waals surface area contributed by atoms with Gasteiger partial charge >= 0.3 is 0 Å². The number of carbonyl (C=O) groups is 1. The van der Waals surface area contributed by atoms with E-state index in [2.05, 4.69) is 5.32 Å². The summed E-state index contributed by atoms with van der Waals surface area (Å²) in [7, 11) is -3.72. The van der Waals surface area contributed by atoms with Crippen molar-refractivity contribution in [2.24, 2.45) is 0 Å². The van der Waals surface area contributed by atoms with Crippen molar-refractivity contribution in [2.45, 2.75) is 37.1 Å². The largest absolute Gasteiger partial charge is 0.349 e. The van der Waals surface area contributed by atoms with Crippen molar-refractivity contribution in [2.75, 3.05) is 13.1 Å². The fraction of sp³-hybridized carbons (Fsp3) is 0.389. The van der Waals surface area contributed by atoms with Crippen LogP contribution in [0, 0.1) is 11.6 Å². The summed E-state index contributed by atoms with van der Waals surface area (Å²) in [6.45, 7) is 2.51. The lowest BCUT2D eigenvalue weighted by atomic mass is 10.1. The van der Waals surface area contributed by atoms with E-state index >= 15 is 0 Å². The number of hydrogen-bond acceptors (Lipinski definition) is 4. The van der Waals surface area contributed by atoms with Crippen LogP contribution >= 0.6 is 11.3 Å². The van der Waals surface area contributed by atoms with Crippen LogP contribution in [0.3, 0.4) is 0 Å². The number of benzene rings is 1. The molecule has 1 aliphatic rings. The van der Waals surface area contributed by atoms with Crippen molar-refractivity contribution in [3.05, 3.63) is 51.7 Å². The maximum absolute atomic E-state index is 13.8. The molecule has 1 aliphatic heterocycles. The van der Waals surface area contributed by atoms with Crippen LogP contribution in [0.5, 0.6) is 0 Å². The zero-order valence-corrected chi connectivity index (χ0v) is 16.4. The number of carbonyl (C=O) groups excluding carboxylic acids is 1. The van der Waals surface area contributed by atoms with Crippen molar-refractivity contribution in [1.29, 1.82) is 0 Å². The van der Waals surface area contributed by atoms with Crippen LogP contribution in [-0.4, -0.2) is 37.8 Å². The first-order chi connectivity index (χ1) is 12.8. The van der Waals surface area contributed by atoms with Crippen LogP contribution in [0.15, 0.2) is 34.5 Å². The molecule has 0 saturated carbocycles. The monoisotopic (exact) mass is 414 g/mol. The Bertz CT molecular complexity index is 918. The molecule has 0 unspecified atom stereocenters. The number of halogens is 2. The normalized spacial score (nSPS) is 16.4. The summed E-state index contributed by atoms with van der Waals surface area (Å²) in [6.07, 6.45) is 1.57. The van der Waals surface area contributed by atoms with Gasteiger partial charge in [0.1, 0.15) is 21.4 Å². The molecule has 1 aromatic heterocycles. The average molecular weight is 414 g/mol. The van der Waals surface area contributed by atoms with E-state index in [4.69, 9.17) is 0 Å². The van der Waals surface area contributed by atoms with Gasteiger partial charge in [0.15, 0.2) is 0 Å². The van der Waals surface area contributed by atoms with Crippen molar-refractivity contribution >= 4 is 27.3 Å². The average Bonchev–Trinajstić information content (AvgIpc) is 3.29. The molecule has 1 saturated heterocycles. The predicted molar refractivity (Wildman–Crippen MR) is 99.3 cm³/mol. The Kier molecular flexibility index (Phi) is 5.92. The van der Waals surface area contributed by atoms with E-state index in [-0.39, 0.29) is 21.8 Å². The first-order valence-electron chi connectivity index (χ1n) is 8.62. The molecular weight excluding hydrogens is 394 g/mol. The number of nitrogens with zero attached hydrogens (tertiary/aromatic N) is 1. The zero-order valence-electron chi connectivity index (χ0n) is 14.7. The van der Waals surface area contributed by atoms with Gasteiger partial charge in [-0.2, -0.15) is 4.31 Å². The minimum absolute atomic E-state index is 0.0174. The molecule has 0 radical (unpaired) electrons. The quantitative estimate of drug-likeness (QED) is 0.790. The SMILES string of the molecule is C[C@H](Cc1c(F)cccc1F)NC(=O)c1sccc1S(=O)(=O)N1CCCC1. The van der Waals surface area contributed by atoms with E-state index in [9.17, 15) is 22.0 Å². The summed E-state index contributed by atoms with van der Waals surface area (Å²) >= 11 is 1.03. The van der Waals surface area contributed by atoms with Crippen molar-refractivity contribution in [3.8, 4) is 0 Å². The molecule has 2 heterocycles. The highest BCUT2D eigenvalue weighted by atomic mass is 32.2. The Hall–Kier alpha value is -1.84. The second kappa shape index (κ2) is 8.04. The van der Waals surface area contributed by atoms with Crippen molar-refractivity contribution in [1.82, 2.24) is 9.62 Å². The van der Waals surface area contributed by atoms with Crippen molar-refractivity contribution < 1.29 is 22.0 Å². The van der Waals surface area contributed by atoms with Crippen LogP contribution in [0.25, 0.3) is 0 Å². The summed E-state index contributed by atoms with van der Waals surface area (Å²) in [6, 6.07) is 4.45. The molecule has 1 atom stereocenters. The molecule has 5 nitrogen and oxygen atoms in total. The molecule has 1 aromatic carbocycles. The Morgan fingerprint density at radius 1 is 1.22 bits per heavy atom. The number of rotatable bonds is 6. The third-order valence-electron chi connectivity index (χ3n) is 4.47. The second-order valence-corrected chi connectivity index (χ2v) is 9.33. The van der Waals surface area contributed by atoms with E-state index in [0.29, 0.717) is 13.1 Å². The maximum Gasteiger partial charge on any atom is 0.262 e. The Balaban J connectivity index is 1.75. The van der Waals surface area contributed by atoms with Gasteiger partial charge in [-0.3, -0.25) is 4.79 Å². The number of amides is 1. The van der Waals surface area contributed by atoms with Gasteiger partial charge < -0.3 is 5.32 Å². The van der Waals surface area contributed by atoms with Crippen LogP contribution in [-0.2, 0) is 16.4 Å². The standard InChI is InChI=1S/C18H20F2N2O3S2/c1-12(11-13-14(19)5-4-6-15(13)20)21-18(23)17-16(7-10-26-17)27(24,25)22-8-2-3-9-22/h4-7,10,12H,2-3,8-9,11H2,1H3,(H,21,23)/t12-/m1/s1. The molecule has 9 heteroatoms. The minimum atomic E-state index is -3.72.